The third-order valence-corrected chi connectivity index (χ3v) is 4.49. The molecule has 0 atom stereocenters. The van der Waals surface area contributed by atoms with Crippen LogP contribution in [0.1, 0.15) is 31.7 Å². The smallest absolute Gasteiger partial charge is 0.151 e. The Kier molecular flexibility index (Phi) is 3.10. The van der Waals surface area contributed by atoms with Crippen LogP contribution in [0.5, 0.6) is 5.75 Å². The van der Waals surface area contributed by atoms with E-state index in [-0.39, 0.29) is 11.6 Å². The zero-order valence-electron chi connectivity index (χ0n) is 12.2. The molecule has 1 N–H and O–H groups in total. The molecule has 0 saturated heterocycles. The van der Waals surface area contributed by atoms with E-state index in [1.165, 1.54) is 18.9 Å². The molecule has 1 heterocycles. The van der Waals surface area contributed by atoms with E-state index in [4.69, 9.17) is 0 Å². The topological polar surface area (TPSA) is 38.1 Å². The van der Waals surface area contributed by atoms with Gasteiger partial charge in [0.15, 0.2) is 5.82 Å². The van der Waals surface area contributed by atoms with Crippen molar-refractivity contribution in [1.82, 2.24) is 9.78 Å². The predicted molar refractivity (Wildman–Crippen MR) is 84.3 cm³/mol. The second-order valence-electron chi connectivity index (χ2n) is 5.91. The van der Waals surface area contributed by atoms with E-state index >= 15 is 0 Å². The molecule has 1 aliphatic rings. The first-order valence-corrected chi connectivity index (χ1v) is 7.70. The zero-order valence-corrected chi connectivity index (χ0v) is 12.2. The van der Waals surface area contributed by atoms with Gasteiger partial charge in [-0.1, -0.05) is 25.0 Å². The molecule has 1 aromatic heterocycles. The van der Waals surface area contributed by atoms with Crippen molar-refractivity contribution in [2.75, 3.05) is 0 Å². The van der Waals surface area contributed by atoms with Crippen LogP contribution in [0.15, 0.2) is 42.5 Å². The van der Waals surface area contributed by atoms with Gasteiger partial charge in [-0.2, -0.15) is 5.10 Å². The maximum Gasteiger partial charge on any atom is 0.151 e. The molecule has 0 radical (unpaired) electrons. The van der Waals surface area contributed by atoms with Gasteiger partial charge in [-0.05, 0) is 43.2 Å². The molecule has 0 aliphatic heterocycles. The molecule has 112 valence electrons. The van der Waals surface area contributed by atoms with E-state index < -0.39 is 0 Å². The molecule has 0 unspecified atom stereocenters. The number of hydrogen-bond acceptors (Lipinski definition) is 2. The normalized spacial score (nSPS) is 15.7. The van der Waals surface area contributed by atoms with Gasteiger partial charge in [-0.15, -0.1) is 0 Å². The summed E-state index contributed by atoms with van der Waals surface area (Å²) in [5.41, 5.74) is 2.33. The average molecular weight is 296 g/mol. The van der Waals surface area contributed by atoms with Crippen molar-refractivity contribution < 1.29 is 9.50 Å². The van der Waals surface area contributed by atoms with Gasteiger partial charge in [-0.3, -0.25) is 4.68 Å². The molecule has 1 aliphatic carbocycles. The first-order valence-electron chi connectivity index (χ1n) is 7.70. The Hall–Kier alpha value is -2.36. The second kappa shape index (κ2) is 5.13. The van der Waals surface area contributed by atoms with Crippen LogP contribution in [0.3, 0.4) is 0 Å². The highest BCUT2D eigenvalue weighted by molar-refractivity contribution is 5.93. The molecule has 0 amide bonds. The lowest BCUT2D eigenvalue weighted by atomic mass is 10.1. The van der Waals surface area contributed by atoms with Crippen LogP contribution < -0.4 is 0 Å². The van der Waals surface area contributed by atoms with Gasteiger partial charge in [0.2, 0.25) is 0 Å². The molecular formula is C18H17FN2O. The summed E-state index contributed by atoms with van der Waals surface area (Å²) in [5.74, 6) is -0.0551. The Balaban J connectivity index is 1.98. The fourth-order valence-electron chi connectivity index (χ4n) is 3.41. The number of phenols is 1. The molecule has 22 heavy (non-hydrogen) atoms. The van der Waals surface area contributed by atoms with Crippen LogP contribution in [0.25, 0.3) is 22.2 Å². The molecule has 2 aromatic carbocycles. The molecule has 4 rings (SSSR count). The third kappa shape index (κ3) is 2.06. The molecule has 0 spiro atoms. The summed E-state index contributed by atoms with van der Waals surface area (Å²) in [6.07, 6.45) is 4.55. The molecule has 1 saturated carbocycles. The number of aromatic nitrogens is 2. The van der Waals surface area contributed by atoms with E-state index in [1.807, 2.05) is 22.9 Å². The highest BCUT2D eigenvalue weighted by atomic mass is 19.1. The van der Waals surface area contributed by atoms with Crippen molar-refractivity contribution in [3.8, 4) is 17.0 Å². The van der Waals surface area contributed by atoms with Gasteiger partial charge in [-0.25, -0.2) is 4.39 Å². The lowest BCUT2D eigenvalue weighted by Gasteiger charge is -2.14. The summed E-state index contributed by atoms with van der Waals surface area (Å²) in [4.78, 5) is 0. The Morgan fingerprint density at radius 2 is 1.77 bits per heavy atom. The highest BCUT2D eigenvalue weighted by Gasteiger charge is 2.24. The fourth-order valence-corrected chi connectivity index (χ4v) is 3.41. The molecule has 4 heteroatoms. The van der Waals surface area contributed by atoms with Gasteiger partial charge in [0.1, 0.15) is 11.3 Å². The Labute approximate surface area is 128 Å². The van der Waals surface area contributed by atoms with Crippen molar-refractivity contribution >= 4 is 10.9 Å². The lowest BCUT2D eigenvalue weighted by Crippen LogP contribution is -2.08. The number of phenolic OH excluding ortho intramolecular Hbond substituents is 1. The summed E-state index contributed by atoms with van der Waals surface area (Å²) in [5, 5.41) is 14.9. The first kappa shape index (κ1) is 13.3. The Morgan fingerprint density at radius 1 is 1.05 bits per heavy atom. The maximum absolute atomic E-state index is 14.1. The molecule has 3 aromatic rings. The number of benzene rings is 2. The number of nitrogens with zero attached hydrogens (tertiary/aromatic N) is 2. The van der Waals surface area contributed by atoms with E-state index in [2.05, 4.69) is 5.10 Å². The van der Waals surface area contributed by atoms with Gasteiger partial charge in [0.05, 0.1) is 11.7 Å². The van der Waals surface area contributed by atoms with Crippen LogP contribution in [-0.4, -0.2) is 14.9 Å². The van der Waals surface area contributed by atoms with Gasteiger partial charge in [0.25, 0.3) is 0 Å². The highest BCUT2D eigenvalue weighted by Crippen LogP contribution is 2.37. The lowest BCUT2D eigenvalue weighted by molar-refractivity contribution is 0.472. The van der Waals surface area contributed by atoms with E-state index in [9.17, 15) is 9.50 Å². The second-order valence-corrected chi connectivity index (χ2v) is 5.91. The van der Waals surface area contributed by atoms with Crippen LogP contribution in [-0.2, 0) is 0 Å². The van der Waals surface area contributed by atoms with Gasteiger partial charge < -0.3 is 5.11 Å². The average Bonchev–Trinajstić information content (AvgIpc) is 3.15. The van der Waals surface area contributed by atoms with Crippen LogP contribution in [0.4, 0.5) is 4.39 Å². The van der Waals surface area contributed by atoms with Crippen LogP contribution in [0.2, 0.25) is 0 Å². The van der Waals surface area contributed by atoms with Crippen molar-refractivity contribution in [3.63, 3.8) is 0 Å². The fraction of sp³-hybridized carbons (Fsp3) is 0.278. The molecule has 0 bridgehead atoms. The molecule has 3 nitrogen and oxygen atoms in total. The predicted octanol–water partition coefficient (Wildman–Crippen LogP) is 4.66. The zero-order chi connectivity index (χ0) is 15.1. The van der Waals surface area contributed by atoms with Crippen molar-refractivity contribution in [1.29, 1.82) is 0 Å². The van der Waals surface area contributed by atoms with Crippen molar-refractivity contribution in [2.24, 2.45) is 0 Å². The summed E-state index contributed by atoms with van der Waals surface area (Å²) >= 11 is 0. The number of fused-ring (bicyclic) bond motifs is 1. The van der Waals surface area contributed by atoms with Gasteiger partial charge in [0, 0.05) is 10.9 Å². The summed E-state index contributed by atoms with van der Waals surface area (Å²) in [6.45, 7) is 0. The third-order valence-electron chi connectivity index (χ3n) is 4.49. The van der Waals surface area contributed by atoms with E-state index in [0.717, 1.165) is 29.5 Å². The first-order chi connectivity index (χ1) is 10.7. The van der Waals surface area contributed by atoms with Gasteiger partial charge >= 0.3 is 0 Å². The number of rotatable bonds is 2. The number of halogens is 1. The van der Waals surface area contributed by atoms with Crippen LogP contribution in [0, 0.1) is 5.82 Å². The maximum atomic E-state index is 14.1. The quantitative estimate of drug-likeness (QED) is 0.746. The van der Waals surface area contributed by atoms with Crippen molar-refractivity contribution in [3.05, 3.63) is 48.3 Å². The molecular weight excluding hydrogens is 279 g/mol. The Bertz CT molecular complexity index is 817. The minimum absolute atomic E-state index is 0.228. The number of hydrogen-bond donors (Lipinski definition) is 1. The van der Waals surface area contributed by atoms with E-state index in [0.29, 0.717) is 11.6 Å². The Morgan fingerprint density at radius 3 is 2.50 bits per heavy atom. The van der Waals surface area contributed by atoms with Crippen LogP contribution >= 0.6 is 0 Å². The molecule has 1 fully saturated rings. The number of aromatic hydroxyl groups is 1. The minimum atomic E-state index is -0.283. The summed E-state index contributed by atoms with van der Waals surface area (Å²) < 4.78 is 16.1. The van der Waals surface area contributed by atoms with Crippen molar-refractivity contribution in [2.45, 2.75) is 31.7 Å². The minimum Gasteiger partial charge on any atom is -0.508 e. The summed E-state index contributed by atoms with van der Waals surface area (Å²) in [6, 6.07) is 12.5. The van der Waals surface area contributed by atoms with E-state index in [1.54, 1.807) is 18.2 Å². The SMILES string of the molecule is Oc1ccc(-c2c3cccc(F)c3nn2C2CCCC2)cc1. The summed E-state index contributed by atoms with van der Waals surface area (Å²) in [7, 11) is 0. The monoisotopic (exact) mass is 296 g/mol. The largest absolute Gasteiger partial charge is 0.508 e. The standard InChI is InChI=1S/C18H17FN2O/c19-16-7-3-6-15-17(16)20-21(13-4-1-2-5-13)18(15)12-8-10-14(22)11-9-12/h3,6-11,13,22H,1-2,4-5H2.